The standard InChI is InChI=1S/C14H24O4/c1-2-3-4-5-6-7-9-12(15)13(16)10-8-11-14(17)18/h2-11H2,1H3,(H,17,18). The van der Waals surface area contributed by atoms with E-state index in [-0.39, 0.29) is 25.0 Å². The van der Waals surface area contributed by atoms with Crippen molar-refractivity contribution in [3.8, 4) is 0 Å². The second-order valence-corrected chi connectivity index (χ2v) is 4.61. The van der Waals surface area contributed by atoms with E-state index in [1.165, 1.54) is 19.3 Å². The summed E-state index contributed by atoms with van der Waals surface area (Å²) < 4.78 is 0. The molecule has 0 aromatic carbocycles. The molecule has 0 bridgehead atoms. The molecule has 0 radical (unpaired) electrons. The fourth-order valence-corrected chi connectivity index (χ4v) is 1.74. The first-order valence-electron chi connectivity index (χ1n) is 6.85. The van der Waals surface area contributed by atoms with E-state index in [0.717, 1.165) is 19.3 Å². The molecule has 0 aliphatic carbocycles. The molecule has 0 unspecified atom stereocenters. The summed E-state index contributed by atoms with van der Waals surface area (Å²) in [4.78, 5) is 33.0. The quantitative estimate of drug-likeness (QED) is 0.430. The Bertz CT molecular complexity index is 271. The molecule has 0 aliphatic rings. The third kappa shape index (κ3) is 10.00. The first-order chi connectivity index (χ1) is 8.57. The van der Waals surface area contributed by atoms with Crippen LogP contribution in [0, 0.1) is 0 Å². The average molecular weight is 256 g/mol. The van der Waals surface area contributed by atoms with Gasteiger partial charge in [0.25, 0.3) is 0 Å². The van der Waals surface area contributed by atoms with E-state index in [1.807, 2.05) is 0 Å². The van der Waals surface area contributed by atoms with Crippen molar-refractivity contribution >= 4 is 17.5 Å². The maximum Gasteiger partial charge on any atom is 0.303 e. The van der Waals surface area contributed by atoms with Crippen LogP contribution in [0.4, 0.5) is 0 Å². The number of Topliss-reactive ketones (excluding diaryl/α,β-unsaturated/α-hetero) is 2. The summed E-state index contributed by atoms with van der Waals surface area (Å²) in [5.74, 6) is -1.67. The number of carbonyl (C=O) groups is 3. The predicted molar refractivity (Wildman–Crippen MR) is 69.5 cm³/mol. The van der Waals surface area contributed by atoms with Crippen molar-refractivity contribution < 1.29 is 19.5 Å². The molecule has 0 atom stereocenters. The van der Waals surface area contributed by atoms with Gasteiger partial charge in [0.1, 0.15) is 0 Å². The van der Waals surface area contributed by atoms with Gasteiger partial charge in [-0.1, -0.05) is 39.0 Å². The smallest absolute Gasteiger partial charge is 0.303 e. The Morgan fingerprint density at radius 1 is 0.722 bits per heavy atom. The van der Waals surface area contributed by atoms with E-state index < -0.39 is 11.8 Å². The van der Waals surface area contributed by atoms with Crippen LogP contribution < -0.4 is 0 Å². The summed E-state index contributed by atoms with van der Waals surface area (Å²) in [6, 6.07) is 0. The number of aliphatic carboxylic acids is 1. The summed E-state index contributed by atoms with van der Waals surface area (Å²) >= 11 is 0. The SMILES string of the molecule is CCCCCCCCC(=O)C(=O)CCCC(=O)O. The highest BCUT2D eigenvalue weighted by molar-refractivity contribution is 6.37. The fraction of sp³-hybridized carbons (Fsp3) is 0.786. The minimum Gasteiger partial charge on any atom is -0.481 e. The maximum atomic E-state index is 11.4. The maximum absolute atomic E-state index is 11.4. The highest BCUT2D eigenvalue weighted by atomic mass is 16.4. The lowest BCUT2D eigenvalue weighted by Gasteiger charge is -2.01. The molecule has 0 aliphatic heterocycles. The molecule has 18 heavy (non-hydrogen) atoms. The van der Waals surface area contributed by atoms with Crippen molar-refractivity contribution in [1.82, 2.24) is 0 Å². The van der Waals surface area contributed by atoms with Crippen LogP contribution in [0.25, 0.3) is 0 Å². The van der Waals surface area contributed by atoms with Gasteiger partial charge in [-0.2, -0.15) is 0 Å². The highest BCUT2D eigenvalue weighted by Gasteiger charge is 2.13. The van der Waals surface area contributed by atoms with Gasteiger partial charge in [-0.05, 0) is 12.8 Å². The van der Waals surface area contributed by atoms with E-state index in [1.54, 1.807) is 0 Å². The van der Waals surface area contributed by atoms with Gasteiger partial charge in [-0.15, -0.1) is 0 Å². The number of hydrogen-bond acceptors (Lipinski definition) is 3. The first kappa shape index (κ1) is 16.8. The van der Waals surface area contributed by atoms with Crippen LogP contribution in [0.5, 0.6) is 0 Å². The Labute approximate surface area is 109 Å². The van der Waals surface area contributed by atoms with Crippen LogP contribution in [0.1, 0.15) is 71.1 Å². The second kappa shape index (κ2) is 10.9. The second-order valence-electron chi connectivity index (χ2n) is 4.61. The van der Waals surface area contributed by atoms with Gasteiger partial charge in [-0.25, -0.2) is 0 Å². The molecule has 0 amide bonds. The number of carbonyl (C=O) groups excluding carboxylic acids is 2. The van der Waals surface area contributed by atoms with Gasteiger partial charge in [0, 0.05) is 19.3 Å². The average Bonchev–Trinajstić information content (AvgIpc) is 2.32. The summed E-state index contributed by atoms with van der Waals surface area (Å²) in [5.41, 5.74) is 0. The van der Waals surface area contributed by atoms with Gasteiger partial charge in [-0.3, -0.25) is 14.4 Å². The van der Waals surface area contributed by atoms with Gasteiger partial charge in [0.2, 0.25) is 0 Å². The molecule has 0 saturated carbocycles. The van der Waals surface area contributed by atoms with Gasteiger partial charge >= 0.3 is 5.97 Å². The van der Waals surface area contributed by atoms with Crippen molar-refractivity contribution in [2.24, 2.45) is 0 Å². The van der Waals surface area contributed by atoms with Crippen LogP contribution in [0.15, 0.2) is 0 Å². The van der Waals surface area contributed by atoms with E-state index in [4.69, 9.17) is 5.11 Å². The zero-order chi connectivity index (χ0) is 13.8. The monoisotopic (exact) mass is 256 g/mol. The Kier molecular flexibility index (Phi) is 10.2. The van der Waals surface area contributed by atoms with Crippen molar-refractivity contribution in [3.63, 3.8) is 0 Å². The van der Waals surface area contributed by atoms with Gasteiger partial charge in [0.15, 0.2) is 11.6 Å². The van der Waals surface area contributed by atoms with Crippen molar-refractivity contribution in [1.29, 1.82) is 0 Å². The van der Waals surface area contributed by atoms with E-state index in [0.29, 0.717) is 6.42 Å². The Morgan fingerprint density at radius 2 is 1.22 bits per heavy atom. The summed E-state index contributed by atoms with van der Waals surface area (Å²) in [5, 5.41) is 8.41. The molecule has 0 rings (SSSR count). The molecule has 1 N–H and O–H groups in total. The molecule has 4 nitrogen and oxygen atoms in total. The van der Waals surface area contributed by atoms with Crippen molar-refractivity contribution in [2.75, 3.05) is 0 Å². The minimum absolute atomic E-state index is 0.0456. The van der Waals surface area contributed by atoms with E-state index in [9.17, 15) is 14.4 Å². The van der Waals surface area contributed by atoms with Crippen LogP contribution in [0.3, 0.4) is 0 Å². The van der Waals surface area contributed by atoms with Crippen molar-refractivity contribution in [3.05, 3.63) is 0 Å². The third-order valence-electron chi connectivity index (χ3n) is 2.86. The van der Waals surface area contributed by atoms with Crippen LogP contribution in [0.2, 0.25) is 0 Å². The summed E-state index contributed by atoms with van der Waals surface area (Å²) in [7, 11) is 0. The molecule has 104 valence electrons. The number of carboxylic acid groups (broad SMARTS) is 1. The van der Waals surface area contributed by atoms with Crippen molar-refractivity contribution in [2.45, 2.75) is 71.1 Å². The molecule has 0 aromatic rings. The largest absolute Gasteiger partial charge is 0.481 e. The van der Waals surface area contributed by atoms with E-state index in [2.05, 4.69) is 6.92 Å². The first-order valence-corrected chi connectivity index (χ1v) is 6.85. The van der Waals surface area contributed by atoms with Crippen LogP contribution in [-0.4, -0.2) is 22.6 Å². The van der Waals surface area contributed by atoms with Crippen LogP contribution in [-0.2, 0) is 14.4 Å². The fourth-order valence-electron chi connectivity index (χ4n) is 1.74. The predicted octanol–water partition coefficient (Wildman–Crippen LogP) is 3.13. The number of ketones is 2. The number of unbranched alkanes of at least 4 members (excludes halogenated alkanes) is 5. The lowest BCUT2D eigenvalue weighted by atomic mass is 10.0. The third-order valence-corrected chi connectivity index (χ3v) is 2.86. The molecular formula is C14H24O4. The zero-order valence-corrected chi connectivity index (χ0v) is 11.2. The normalized spacial score (nSPS) is 10.3. The van der Waals surface area contributed by atoms with Gasteiger partial charge in [0.05, 0.1) is 0 Å². The lowest BCUT2D eigenvalue weighted by Crippen LogP contribution is -2.13. The molecule has 4 heteroatoms. The number of carboxylic acids is 1. The highest BCUT2D eigenvalue weighted by Crippen LogP contribution is 2.08. The topological polar surface area (TPSA) is 71.4 Å². The van der Waals surface area contributed by atoms with Gasteiger partial charge < -0.3 is 5.11 Å². The minimum atomic E-state index is -0.925. The number of rotatable bonds is 12. The Balaban J connectivity index is 3.50. The van der Waals surface area contributed by atoms with Crippen LogP contribution >= 0.6 is 0 Å². The molecule has 0 spiro atoms. The molecule has 0 fully saturated rings. The lowest BCUT2D eigenvalue weighted by molar-refractivity contribution is -0.138. The molecular weight excluding hydrogens is 232 g/mol. The number of hydrogen-bond donors (Lipinski definition) is 1. The molecule has 0 aromatic heterocycles. The Morgan fingerprint density at radius 3 is 1.78 bits per heavy atom. The summed E-state index contributed by atoms with van der Waals surface area (Å²) in [6.45, 7) is 2.15. The zero-order valence-electron chi connectivity index (χ0n) is 11.2. The Hall–Kier alpha value is -1.19. The summed E-state index contributed by atoms with van der Waals surface area (Å²) in [6.07, 6.45) is 7.10. The van der Waals surface area contributed by atoms with E-state index >= 15 is 0 Å². The molecule has 0 heterocycles. The molecule has 0 saturated heterocycles.